The molecule has 0 fully saturated rings. The van der Waals surface area contributed by atoms with Gasteiger partial charge in [0.2, 0.25) is 17.7 Å². The van der Waals surface area contributed by atoms with Crippen LogP contribution < -0.4 is 16.4 Å². The Morgan fingerprint density at radius 3 is 2.30 bits per heavy atom. The van der Waals surface area contributed by atoms with Crippen LogP contribution in [0.2, 0.25) is 0 Å². The number of aryl methyl sites for hydroxylation is 1. The average molecular weight is 521 g/mol. The molecule has 2 unspecified atom stereocenters. The van der Waals surface area contributed by atoms with E-state index in [-0.39, 0.29) is 17.9 Å². The van der Waals surface area contributed by atoms with Gasteiger partial charge in [0.1, 0.15) is 23.4 Å². The van der Waals surface area contributed by atoms with Crippen molar-refractivity contribution in [1.82, 2.24) is 15.5 Å². The Bertz CT molecular complexity index is 928. The number of primary amides is 1. The number of nitrogens with one attached hydrogen (secondary N) is 2. The number of carbonyl (C=O) groups excluding carboxylic acids is 4. The quantitative estimate of drug-likeness (QED) is 0.276. The smallest absolute Gasteiger partial charge is 0.408 e. The van der Waals surface area contributed by atoms with Gasteiger partial charge in [-0.3, -0.25) is 14.4 Å². The van der Waals surface area contributed by atoms with Gasteiger partial charge >= 0.3 is 6.09 Å². The maximum absolute atomic E-state index is 13.9. The van der Waals surface area contributed by atoms with Crippen LogP contribution in [0, 0.1) is 6.92 Å². The fourth-order valence-corrected chi connectivity index (χ4v) is 3.78. The summed E-state index contributed by atoms with van der Waals surface area (Å²) in [5.41, 5.74) is 5.37. The molecule has 0 radical (unpaired) electrons. The summed E-state index contributed by atoms with van der Waals surface area (Å²) in [5, 5.41) is 16.2. The normalized spacial score (nSPS) is 12.8. The number of hydrogen-bond acceptors (Lipinski definition) is 6. The van der Waals surface area contributed by atoms with E-state index in [1.54, 1.807) is 45.9 Å². The molecule has 0 aliphatic rings. The van der Waals surface area contributed by atoms with E-state index in [9.17, 15) is 24.3 Å². The third-order valence-corrected chi connectivity index (χ3v) is 5.63. The minimum Gasteiger partial charge on any atom is -0.507 e. The Kier molecular flexibility index (Phi) is 12.9. The molecule has 0 aliphatic heterocycles. The lowest BCUT2D eigenvalue weighted by molar-refractivity contribution is -0.143. The standard InChI is InChI=1S/C27H44N4O6/c1-7-9-11-15-29-24(34)22(19-14-12-13-18(3)23(19)33)31(16-10-8-2)25(35)20(17-21(28)32)30-26(36)37-27(4,5)6/h12-14,20,22,33H,7-11,15-17H2,1-6H3,(H2,28,32)(H,29,34)(H,30,36). The molecule has 0 saturated heterocycles. The van der Waals surface area contributed by atoms with E-state index < -0.39 is 47.9 Å². The second kappa shape index (κ2) is 15.1. The highest BCUT2D eigenvalue weighted by Crippen LogP contribution is 2.32. The van der Waals surface area contributed by atoms with Crippen molar-refractivity contribution in [2.24, 2.45) is 5.73 Å². The summed E-state index contributed by atoms with van der Waals surface area (Å²) in [5.74, 6) is -2.04. The number of rotatable bonds is 14. The zero-order valence-electron chi connectivity index (χ0n) is 23.1. The van der Waals surface area contributed by atoms with Crippen molar-refractivity contribution >= 4 is 23.8 Å². The molecule has 208 valence electrons. The third kappa shape index (κ3) is 10.7. The highest BCUT2D eigenvalue weighted by Gasteiger charge is 2.37. The van der Waals surface area contributed by atoms with Gasteiger partial charge in [0.05, 0.1) is 6.42 Å². The molecule has 0 aromatic heterocycles. The number of para-hydroxylation sites is 1. The number of nitrogens with two attached hydrogens (primary N) is 1. The van der Waals surface area contributed by atoms with Gasteiger partial charge in [-0.05, 0) is 46.1 Å². The van der Waals surface area contributed by atoms with E-state index in [0.717, 1.165) is 19.3 Å². The summed E-state index contributed by atoms with van der Waals surface area (Å²) in [4.78, 5) is 53.0. The third-order valence-electron chi connectivity index (χ3n) is 5.63. The molecule has 5 N–H and O–H groups in total. The Morgan fingerprint density at radius 2 is 1.73 bits per heavy atom. The minimum absolute atomic E-state index is 0.0999. The number of unbranched alkanes of at least 4 members (excludes halogenated alkanes) is 3. The van der Waals surface area contributed by atoms with Gasteiger partial charge < -0.3 is 31.1 Å². The van der Waals surface area contributed by atoms with E-state index in [4.69, 9.17) is 10.5 Å². The molecular formula is C27H44N4O6. The topological polar surface area (TPSA) is 151 Å². The second-order valence-corrected chi connectivity index (χ2v) is 10.2. The van der Waals surface area contributed by atoms with Crippen molar-refractivity contribution in [3.05, 3.63) is 29.3 Å². The van der Waals surface area contributed by atoms with Gasteiger partial charge in [-0.25, -0.2) is 4.79 Å². The molecule has 2 atom stereocenters. The van der Waals surface area contributed by atoms with E-state index in [2.05, 4.69) is 17.6 Å². The number of aromatic hydroxyl groups is 1. The number of ether oxygens (including phenoxy) is 1. The van der Waals surface area contributed by atoms with Gasteiger partial charge in [-0.1, -0.05) is 51.3 Å². The highest BCUT2D eigenvalue weighted by molar-refractivity contribution is 5.94. The lowest BCUT2D eigenvalue weighted by atomic mass is 9.98. The minimum atomic E-state index is -1.36. The molecule has 1 aromatic rings. The molecule has 1 rings (SSSR count). The van der Waals surface area contributed by atoms with E-state index in [1.165, 1.54) is 4.90 Å². The monoisotopic (exact) mass is 520 g/mol. The van der Waals surface area contributed by atoms with E-state index in [1.807, 2.05) is 6.92 Å². The number of phenols is 1. The summed E-state index contributed by atoms with van der Waals surface area (Å²) in [7, 11) is 0. The molecule has 10 nitrogen and oxygen atoms in total. The predicted octanol–water partition coefficient (Wildman–Crippen LogP) is 3.45. The van der Waals surface area contributed by atoms with Crippen LogP contribution in [-0.4, -0.2) is 58.6 Å². The summed E-state index contributed by atoms with van der Waals surface area (Å²) in [6, 6.07) is 2.45. The number of alkyl carbamates (subject to hydrolysis) is 1. The number of carbonyl (C=O) groups is 4. The first kappa shape index (κ1) is 31.7. The molecule has 37 heavy (non-hydrogen) atoms. The van der Waals surface area contributed by atoms with Crippen molar-refractivity contribution in [3.8, 4) is 5.75 Å². The van der Waals surface area contributed by atoms with Crippen LogP contribution in [-0.2, 0) is 19.1 Å². The van der Waals surface area contributed by atoms with Crippen molar-refractivity contribution in [2.75, 3.05) is 13.1 Å². The van der Waals surface area contributed by atoms with Gasteiger partial charge in [0, 0.05) is 18.7 Å². The molecule has 0 bridgehead atoms. The lowest BCUT2D eigenvalue weighted by Gasteiger charge is -2.34. The van der Waals surface area contributed by atoms with E-state index in [0.29, 0.717) is 24.9 Å². The average Bonchev–Trinajstić information content (AvgIpc) is 2.79. The van der Waals surface area contributed by atoms with Gasteiger partial charge in [0.25, 0.3) is 0 Å². The van der Waals surface area contributed by atoms with Crippen LogP contribution in [0.25, 0.3) is 0 Å². The predicted molar refractivity (Wildman–Crippen MR) is 142 cm³/mol. The lowest BCUT2D eigenvalue weighted by Crippen LogP contribution is -2.54. The van der Waals surface area contributed by atoms with Crippen molar-refractivity contribution in [3.63, 3.8) is 0 Å². The van der Waals surface area contributed by atoms with Crippen molar-refractivity contribution < 1.29 is 29.0 Å². The van der Waals surface area contributed by atoms with E-state index >= 15 is 0 Å². The first-order valence-electron chi connectivity index (χ1n) is 13.0. The Balaban J connectivity index is 3.49. The molecule has 1 aromatic carbocycles. The largest absolute Gasteiger partial charge is 0.507 e. The highest BCUT2D eigenvalue weighted by atomic mass is 16.6. The number of amides is 4. The van der Waals surface area contributed by atoms with Crippen LogP contribution in [0.3, 0.4) is 0 Å². The number of nitrogens with zero attached hydrogens (tertiary/aromatic N) is 1. The number of benzene rings is 1. The van der Waals surface area contributed by atoms with Crippen LogP contribution in [0.15, 0.2) is 18.2 Å². The molecule has 4 amide bonds. The number of hydrogen-bond donors (Lipinski definition) is 4. The molecule has 0 saturated carbocycles. The van der Waals surface area contributed by atoms with Crippen molar-refractivity contribution in [2.45, 2.75) is 97.8 Å². The van der Waals surface area contributed by atoms with Crippen molar-refractivity contribution in [1.29, 1.82) is 0 Å². The van der Waals surface area contributed by atoms with Crippen LogP contribution in [0.5, 0.6) is 5.75 Å². The Morgan fingerprint density at radius 1 is 1.08 bits per heavy atom. The summed E-state index contributed by atoms with van der Waals surface area (Å²) in [6.45, 7) is 11.3. The Labute approximate surface area is 220 Å². The molecule has 0 spiro atoms. The number of phenolic OH excluding ortho intramolecular Hbond substituents is 1. The maximum atomic E-state index is 13.9. The zero-order chi connectivity index (χ0) is 28.2. The van der Waals surface area contributed by atoms with Gasteiger partial charge in [-0.2, -0.15) is 0 Å². The summed E-state index contributed by atoms with van der Waals surface area (Å²) >= 11 is 0. The van der Waals surface area contributed by atoms with Crippen LogP contribution in [0.1, 0.15) is 90.3 Å². The first-order chi connectivity index (χ1) is 17.3. The fraction of sp³-hybridized carbons (Fsp3) is 0.630. The SMILES string of the molecule is CCCCCNC(=O)C(c1cccc(C)c1O)N(CCCC)C(=O)C(CC(N)=O)NC(=O)OC(C)(C)C. The fourth-order valence-electron chi connectivity index (χ4n) is 3.78. The Hall–Kier alpha value is -3.30. The summed E-state index contributed by atoms with van der Waals surface area (Å²) in [6.07, 6.45) is 2.57. The van der Waals surface area contributed by atoms with Crippen LogP contribution >= 0.6 is 0 Å². The molecule has 10 heteroatoms. The zero-order valence-corrected chi connectivity index (χ0v) is 23.1. The second-order valence-electron chi connectivity index (χ2n) is 10.2. The maximum Gasteiger partial charge on any atom is 0.408 e. The van der Waals surface area contributed by atoms with Gasteiger partial charge in [0.15, 0.2) is 0 Å². The molecular weight excluding hydrogens is 476 g/mol. The first-order valence-corrected chi connectivity index (χ1v) is 13.0. The van der Waals surface area contributed by atoms with Gasteiger partial charge in [-0.15, -0.1) is 0 Å². The van der Waals surface area contributed by atoms with Crippen LogP contribution in [0.4, 0.5) is 4.79 Å². The summed E-state index contributed by atoms with van der Waals surface area (Å²) < 4.78 is 5.27. The molecule has 0 aliphatic carbocycles. The molecule has 0 heterocycles.